The van der Waals surface area contributed by atoms with Crippen molar-refractivity contribution in [2.24, 2.45) is 0 Å². The number of anilines is 1. The topological polar surface area (TPSA) is 113 Å². The lowest BCUT2D eigenvalue weighted by Gasteiger charge is -2.23. The first kappa shape index (κ1) is 23.6. The lowest BCUT2D eigenvalue weighted by atomic mass is 10.1. The molecule has 0 radical (unpaired) electrons. The highest BCUT2D eigenvalue weighted by Crippen LogP contribution is 2.28. The molecule has 1 amide bonds. The van der Waals surface area contributed by atoms with Gasteiger partial charge in [-0.25, -0.2) is 14.2 Å². The summed E-state index contributed by atoms with van der Waals surface area (Å²) in [6, 6.07) is 12.8. The zero-order valence-electron chi connectivity index (χ0n) is 19.7. The van der Waals surface area contributed by atoms with Gasteiger partial charge in [0.1, 0.15) is 22.9 Å². The summed E-state index contributed by atoms with van der Waals surface area (Å²) >= 11 is 0. The van der Waals surface area contributed by atoms with Crippen molar-refractivity contribution in [2.75, 3.05) is 26.1 Å². The van der Waals surface area contributed by atoms with Gasteiger partial charge in [-0.1, -0.05) is 12.1 Å². The fourth-order valence-corrected chi connectivity index (χ4v) is 4.62. The Hall–Kier alpha value is -4.18. The van der Waals surface area contributed by atoms with E-state index >= 15 is 0 Å². The van der Waals surface area contributed by atoms with Crippen LogP contribution in [-0.4, -0.2) is 40.3 Å². The van der Waals surface area contributed by atoms with Gasteiger partial charge in [-0.2, -0.15) is 0 Å². The van der Waals surface area contributed by atoms with Crippen LogP contribution in [0.5, 0.6) is 5.75 Å². The predicted molar refractivity (Wildman–Crippen MR) is 133 cm³/mol. The second-order valence-corrected chi connectivity index (χ2v) is 8.59. The second-order valence-electron chi connectivity index (χ2n) is 8.59. The molecule has 0 spiro atoms. The van der Waals surface area contributed by atoms with E-state index in [-0.39, 0.29) is 35.4 Å². The van der Waals surface area contributed by atoms with E-state index in [9.17, 15) is 14.0 Å². The van der Waals surface area contributed by atoms with Gasteiger partial charge in [-0.3, -0.25) is 13.9 Å². The van der Waals surface area contributed by atoms with Crippen molar-refractivity contribution in [1.29, 1.82) is 0 Å². The first-order valence-corrected chi connectivity index (χ1v) is 11.6. The normalized spacial score (nSPS) is 14.2. The Morgan fingerprint density at radius 1 is 1.19 bits per heavy atom. The summed E-state index contributed by atoms with van der Waals surface area (Å²) in [5, 5.41) is 2.77. The van der Waals surface area contributed by atoms with Crippen LogP contribution in [0.4, 0.5) is 10.2 Å². The third-order valence-electron chi connectivity index (χ3n) is 6.42. The van der Waals surface area contributed by atoms with E-state index in [2.05, 4.69) is 10.3 Å². The van der Waals surface area contributed by atoms with E-state index in [1.165, 1.54) is 19.2 Å². The van der Waals surface area contributed by atoms with Crippen LogP contribution in [0.2, 0.25) is 0 Å². The number of methoxy groups -OCH3 is 1. The number of nitrogen functional groups attached to an aromatic ring is 1. The summed E-state index contributed by atoms with van der Waals surface area (Å²) < 4.78 is 27.6. The highest BCUT2D eigenvalue weighted by Gasteiger charge is 2.24. The smallest absolute Gasteiger partial charge is 0.334 e. The van der Waals surface area contributed by atoms with Gasteiger partial charge in [-0.15, -0.1) is 0 Å². The molecule has 1 saturated heterocycles. The molecule has 186 valence electrons. The number of rotatable bonds is 6. The average Bonchev–Trinajstić information content (AvgIpc) is 3.21. The molecule has 1 fully saturated rings. The molecule has 0 bridgehead atoms. The maximum absolute atomic E-state index is 13.6. The minimum atomic E-state index is -0.524. The fourth-order valence-electron chi connectivity index (χ4n) is 4.62. The van der Waals surface area contributed by atoms with Crippen molar-refractivity contribution in [3.8, 4) is 11.4 Å². The van der Waals surface area contributed by atoms with Crippen molar-refractivity contribution >= 4 is 22.8 Å². The van der Waals surface area contributed by atoms with E-state index in [0.29, 0.717) is 24.4 Å². The molecule has 0 atom stereocenters. The van der Waals surface area contributed by atoms with Crippen molar-refractivity contribution in [2.45, 2.75) is 25.4 Å². The number of imidazole rings is 1. The van der Waals surface area contributed by atoms with Crippen molar-refractivity contribution in [1.82, 2.24) is 19.4 Å². The molecule has 4 aromatic rings. The highest BCUT2D eigenvalue weighted by atomic mass is 19.1. The molecular weight excluding hydrogens is 465 g/mol. The van der Waals surface area contributed by atoms with E-state index in [0.717, 1.165) is 30.0 Å². The monoisotopic (exact) mass is 491 g/mol. The molecule has 2 aromatic heterocycles. The van der Waals surface area contributed by atoms with E-state index in [4.69, 9.17) is 15.2 Å². The highest BCUT2D eigenvalue weighted by molar-refractivity contribution is 5.96. The number of nitrogens with zero attached hydrogens (tertiary/aromatic N) is 3. The number of pyridine rings is 1. The summed E-state index contributed by atoms with van der Waals surface area (Å²) in [5.74, 6) is -0.416. The van der Waals surface area contributed by atoms with Gasteiger partial charge >= 0.3 is 5.69 Å². The summed E-state index contributed by atoms with van der Waals surface area (Å²) in [6.07, 6.45) is 3.10. The van der Waals surface area contributed by atoms with Crippen molar-refractivity contribution in [3.05, 3.63) is 82.2 Å². The first-order chi connectivity index (χ1) is 17.5. The molecule has 0 unspecified atom stereocenters. The van der Waals surface area contributed by atoms with Gasteiger partial charge < -0.3 is 20.5 Å². The van der Waals surface area contributed by atoms with Crippen LogP contribution in [0.1, 0.15) is 34.8 Å². The van der Waals surface area contributed by atoms with Crippen LogP contribution in [0.3, 0.4) is 0 Å². The lowest BCUT2D eigenvalue weighted by Crippen LogP contribution is -2.30. The van der Waals surface area contributed by atoms with Crippen LogP contribution in [-0.2, 0) is 11.3 Å². The summed E-state index contributed by atoms with van der Waals surface area (Å²) in [7, 11) is 1.42. The van der Waals surface area contributed by atoms with Gasteiger partial charge in [0.25, 0.3) is 5.91 Å². The molecule has 1 aliphatic heterocycles. The molecule has 2 aromatic carbocycles. The standard InChI is InChI=1S/C26H26FN5O4/c1-35-22-7-4-17(27)14-20(22)25(33)30-15-16-2-5-18(6-3-16)32-23-21(8-11-29-24(23)28)31(26(32)34)19-9-12-36-13-10-19/h2-8,11,14,19H,9-10,12-13,15H2,1H3,(H2,28,29)(H,30,33). The van der Waals surface area contributed by atoms with Gasteiger partial charge in [-0.05, 0) is 54.8 Å². The Bertz CT molecular complexity index is 1470. The summed E-state index contributed by atoms with van der Waals surface area (Å²) in [4.78, 5) is 30.4. The molecule has 3 heterocycles. The van der Waals surface area contributed by atoms with Gasteiger partial charge in [0.05, 0.1) is 23.9 Å². The Morgan fingerprint density at radius 2 is 1.94 bits per heavy atom. The predicted octanol–water partition coefficient (Wildman–Crippen LogP) is 3.20. The number of aromatic nitrogens is 3. The third-order valence-corrected chi connectivity index (χ3v) is 6.42. The largest absolute Gasteiger partial charge is 0.496 e. The number of amides is 1. The fraction of sp³-hybridized carbons (Fsp3) is 0.269. The van der Waals surface area contributed by atoms with Gasteiger partial charge in [0.2, 0.25) is 0 Å². The number of nitrogens with two attached hydrogens (primary N) is 1. The number of ether oxygens (including phenoxy) is 2. The van der Waals surface area contributed by atoms with Crippen LogP contribution >= 0.6 is 0 Å². The summed E-state index contributed by atoms with van der Waals surface area (Å²) in [6.45, 7) is 1.42. The van der Waals surface area contributed by atoms with E-state index < -0.39 is 11.7 Å². The van der Waals surface area contributed by atoms with E-state index in [1.807, 2.05) is 18.2 Å². The molecule has 0 aliphatic carbocycles. The SMILES string of the molecule is COc1ccc(F)cc1C(=O)NCc1ccc(-n2c(=O)n(C3CCOCC3)c3ccnc(N)c32)cc1. The zero-order valence-corrected chi connectivity index (χ0v) is 19.7. The maximum atomic E-state index is 13.6. The minimum Gasteiger partial charge on any atom is -0.496 e. The third kappa shape index (κ3) is 4.31. The van der Waals surface area contributed by atoms with Gasteiger partial charge in [0, 0.05) is 32.0 Å². The maximum Gasteiger partial charge on any atom is 0.334 e. The molecule has 5 rings (SSSR count). The van der Waals surface area contributed by atoms with Crippen molar-refractivity contribution < 1.29 is 18.7 Å². The van der Waals surface area contributed by atoms with Crippen molar-refractivity contribution in [3.63, 3.8) is 0 Å². The average molecular weight is 492 g/mol. The lowest BCUT2D eigenvalue weighted by molar-refractivity contribution is 0.0697. The number of nitrogens with one attached hydrogen (secondary N) is 1. The minimum absolute atomic E-state index is 0.0195. The number of benzene rings is 2. The summed E-state index contributed by atoms with van der Waals surface area (Å²) in [5.41, 5.74) is 8.88. The Morgan fingerprint density at radius 3 is 2.67 bits per heavy atom. The number of hydrogen-bond acceptors (Lipinski definition) is 6. The molecule has 9 nitrogen and oxygen atoms in total. The molecule has 3 N–H and O–H groups in total. The molecule has 1 aliphatic rings. The van der Waals surface area contributed by atoms with Crippen LogP contribution in [0, 0.1) is 5.82 Å². The molecule has 36 heavy (non-hydrogen) atoms. The van der Waals surface area contributed by atoms with Crippen LogP contribution < -0.4 is 21.5 Å². The Kier molecular flexibility index (Phi) is 6.43. The number of carbonyl (C=O) groups excluding carboxylic acids is 1. The number of halogens is 1. The number of fused-ring (bicyclic) bond motifs is 1. The molecule has 0 saturated carbocycles. The Balaban J connectivity index is 1.42. The molecular formula is C26H26FN5O4. The first-order valence-electron chi connectivity index (χ1n) is 11.6. The quantitative estimate of drug-likeness (QED) is 0.428. The van der Waals surface area contributed by atoms with Crippen LogP contribution in [0.25, 0.3) is 16.7 Å². The second kappa shape index (κ2) is 9.82. The zero-order chi connectivity index (χ0) is 25.2. The molecule has 10 heteroatoms. The Labute approximate surface area is 206 Å². The number of carbonyl (C=O) groups is 1. The number of hydrogen-bond donors (Lipinski definition) is 2. The van der Waals surface area contributed by atoms with Crippen LogP contribution in [0.15, 0.2) is 59.5 Å². The van der Waals surface area contributed by atoms with Gasteiger partial charge in [0.15, 0.2) is 0 Å². The van der Waals surface area contributed by atoms with E-state index in [1.54, 1.807) is 27.5 Å².